The Balaban J connectivity index is 3.17. The van der Waals surface area contributed by atoms with E-state index < -0.39 is 5.97 Å². The molecule has 0 atom stereocenters. The Morgan fingerprint density at radius 1 is 1.82 bits per heavy atom. The highest BCUT2D eigenvalue weighted by molar-refractivity contribution is 5.87. The van der Waals surface area contributed by atoms with Gasteiger partial charge in [0.15, 0.2) is 0 Å². The van der Waals surface area contributed by atoms with Crippen molar-refractivity contribution in [2.75, 3.05) is 0 Å². The van der Waals surface area contributed by atoms with Crippen LogP contribution in [0, 0.1) is 6.92 Å². The van der Waals surface area contributed by atoms with Crippen molar-refractivity contribution in [1.82, 2.24) is 9.78 Å². The molecule has 0 aliphatic heterocycles. The monoisotopic (exact) mass is 154 g/mol. The Hall–Kier alpha value is -1.32. The van der Waals surface area contributed by atoms with E-state index in [0.717, 1.165) is 0 Å². The first-order chi connectivity index (χ1) is 5.16. The number of aryl methyl sites for hydroxylation is 2. The fourth-order valence-corrected chi connectivity index (χ4v) is 0.998. The van der Waals surface area contributed by atoms with Gasteiger partial charge in [0.2, 0.25) is 0 Å². The summed E-state index contributed by atoms with van der Waals surface area (Å²) in [6.45, 7) is 4.19. The molecule has 0 fully saturated rings. The highest BCUT2D eigenvalue weighted by atomic mass is 16.4. The van der Waals surface area contributed by atoms with Crippen LogP contribution in [0.3, 0.4) is 0 Å². The lowest BCUT2D eigenvalue weighted by Crippen LogP contribution is -2.09. The highest BCUT2D eigenvalue weighted by Crippen LogP contribution is 2.05. The molecule has 0 bridgehead atoms. The van der Waals surface area contributed by atoms with Gasteiger partial charge in [-0.25, -0.2) is 4.79 Å². The molecule has 0 aromatic carbocycles. The molecular weight excluding hydrogens is 144 g/mol. The second-order valence-electron chi connectivity index (χ2n) is 2.30. The van der Waals surface area contributed by atoms with Crippen LogP contribution in [0.2, 0.25) is 0 Å². The first kappa shape index (κ1) is 7.78. The topological polar surface area (TPSA) is 55.1 Å². The zero-order chi connectivity index (χ0) is 8.43. The van der Waals surface area contributed by atoms with E-state index in [1.165, 1.54) is 4.68 Å². The van der Waals surface area contributed by atoms with Gasteiger partial charge in [-0.2, -0.15) is 5.10 Å². The van der Waals surface area contributed by atoms with Gasteiger partial charge in [0, 0.05) is 12.1 Å². The van der Waals surface area contributed by atoms with Gasteiger partial charge in [0.25, 0.3) is 0 Å². The SMILES string of the molecule is CCn1ncc(C)c1C(=O)O. The van der Waals surface area contributed by atoms with Gasteiger partial charge in [0.05, 0.1) is 6.20 Å². The second-order valence-corrected chi connectivity index (χ2v) is 2.30. The van der Waals surface area contributed by atoms with Gasteiger partial charge in [-0.3, -0.25) is 4.68 Å². The molecule has 0 amide bonds. The van der Waals surface area contributed by atoms with Crippen molar-refractivity contribution in [3.05, 3.63) is 17.5 Å². The largest absolute Gasteiger partial charge is 0.477 e. The summed E-state index contributed by atoms with van der Waals surface area (Å²) in [5.74, 6) is -0.915. The van der Waals surface area contributed by atoms with Crippen LogP contribution >= 0.6 is 0 Å². The van der Waals surface area contributed by atoms with E-state index in [-0.39, 0.29) is 5.69 Å². The molecule has 60 valence electrons. The Morgan fingerprint density at radius 2 is 2.45 bits per heavy atom. The van der Waals surface area contributed by atoms with E-state index in [0.29, 0.717) is 12.1 Å². The van der Waals surface area contributed by atoms with Gasteiger partial charge < -0.3 is 5.11 Å². The minimum absolute atomic E-state index is 0.285. The predicted octanol–water partition coefficient (Wildman–Crippen LogP) is 0.910. The fourth-order valence-electron chi connectivity index (χ4n) is 0.998. The lowest BCUT2D eigenvalue weighted by molar-refractivity contribution is 0.0682. The number of hydrogen-bond acceptors (Lipinski definition) is 2. The van der Waals surface area contributed by atoms with Crippen molar-refractivity contribution in [3.8, 4) is 0 Å². The van der Waals surface area contributed by atoms with E-state index in [1.807, 2.05) is 6.92 Å². The number of hydrogen-bond donors (Lipinski definition) is 1. The van der Waals surface area contributed by atoms with E-state index in [4.69, 9.17) is 5.11 Å². The van der Waals surface area contributed by atoms with Crippen molar-refractivity contribution in [2.24, 2.45) is 0 Å². The van der Waals surface area contributed by atoms with E-state index in [1.54, 1.807) is 13.1 Å². The minimum Gasteiger partial charge on any atom is -0.477 e. The van der Waals surface area contributed by atoms with Crippen LogP contribution < -0.4 is 0 Å². The van der Waals surface area contributed by atoms with E-state index >= 15 is 0 Å². The Kier molecular flexibility index (Phi) is 1.94. The van der Waals surface area contributed by atoms with Crippen molar-refractivity contribution in [2.45, 2.75) is 20.4 Å². The molecule has 0 saturated carbocycles. The smallest absolute Gasteiger partial charge is 0.354 e. The lowest BCUT2D eigenvalue weighted by Gasteiger charge is -1.98. The van der Waals surface area contributed by atoms with Crippen molar-refractivity contribution in [3.63, 3.8) is 0 Å². The molecule has 4 nitrogen and oxygen atoms in total. The summed E-state index contributed by atoms with van der Waals surface area (Å²) in [6, 6.07) is 0. The Labute approximate surface area is 64.5 Å². The first-order valence-corrected chi connectivity index (χ1v) is 3.42. The summed E-state index contributed by atoms with van der Waals surface area (Å²) < 4.78 is 1.47. The first-order valence-electron chi connectivity index (χ1n) is 3.42. The average molecular weight is 154 g/mol. The number of carboxylic acids is 1. The molecule has 1 aromatic heterocycles. The normalized spacial score (nSPS) is 10.0. The zero-order valence-corrected chi connectivity index (χ0v) is 6.53. The van der Waals surface area contributed by atoms with Crippen molar-refractivity contribution < 1.29 is 9.90 Å². The summed E-state index contributed by atoms with van der Waals surface area (Å²) in [6.07, 6.45) is 1.56. The second kappa shape index (κ2) is 2.74. The minimum atomic E-state index is -0.915. The molecule has 0 spiro atoms. The maximum Gasteiger partial charge on any atom is 0.354 e. The standard InChI is InChI=1S/C7H10N2O2/c1-3-9-6(7(10)11)5(2)4-8-9/h4H,3H2,1-2H3,(H,10,11). The number of aromatic carboxylic acids is 1. The molecule has 0 saturated heterocycles. The van der Waals surface area contributed by atoms with Gasteiger partial charge in [0.1, 0.15) is 5.69 Å². The van der Waals surface area contributed by atoms with Crippen LogP contribution in [0.5, 0.6) is 0 Å². The molecule has 4 heteroatoms. The zero-order valence-electron chi connectivity index (χ0n) is 6.53. The van der Waals surface area contributed by atoms with Crippen LogP contribution in [-0.4, -0.2) is 20.9 Å². The number of carbonyl (C=O) groups is 1. The number of carboxylic acid groups (broad SMARTS) is 1. The summed E-state index contributed by atoms with van der Waals surface area (Å²) in [4.78, 5) is 10.6. The number of rotatable bonds is 2. The third-order valence-corrected chi connectivity index (χ3v) is 1.52. The highest BCUT2D eigenvalue weighted by Gasteiger charge is 2.12. The summed E-state index contributed by atoms with van der Waals surface area (Å²) in [7, 11) is 0. The molecule has 0 aliphatic carbocycles. The predicted molar refractivity (Wildman–Crippen MR) is 39.6 cm³/mol. The molecule has 1 N–H and O–H groups in total. The van der Waals surface area contributed by atoms with Crippen LogP contribution in [0.1, 0.15) is 23.0 Å². The maximum absolute atomic E-state index is 10.6. The summed E-state index contributed by atoms with van der Waals surface area (Å²) >= 11 is 0. The maximum atomic E-state index is 10.6. The molecular formula is C7H10N2O2. The molecule has 0 radical (unpaired) electrons. The van der Waals surface area contributed by atoms with Gasteiger partial charge in [-0.1, -0.05) is 0 Å². The molecule has 1 rings (SSSR count). The third kappa shape index (κ3) is 1.24. The van der Waals surface area contributed by atoms with Crippen LogP contribution in [-0.2, 0) is 6.54 Å². The van der Waals surface area contributed by atoms with Crippen molar-refractivity contribution in [1.29, 1.82) is 0 Å². The molecule has 1 heterocycles. The summed E-state index contributed by atoms with van der Waals surface area (Å²) in [5, 5.41) is 12.6. The van der Waals surface area contributed by atoms with Crippen molar-refractivity contribution >= 4 is 5.97 Å². The average Bonchev–Trinajstić information content (AvgIpc) is 2.30. The van der Waals surface area contributed by atoms with Gasteiger partial charge in [-0.05, 0) is 13.8 Å². The van der Waals surface area contributed by atoms with Crippen LogP contribution in [0.4, 0.5) is 0 Å². The molecule has 0 unspecified atom stereocenters. The third-order valence-electron chi connectivity index (χ3n) is 1.52. The lowest BCUT2D eigenvalue weighted by atomic mass is 10.3. The number of aromatic nitrogens is 2. The van der Waals surface area contributed by atoms with E-state index in [9.17, 15) is 4.79 Å². The van der Waals surface area contributed by atoms with Crippen LogP contribution in [0.25, 0.3) is 0 Å². The fraction of sp³-hybridized carbons (Fsp3) is 0.429. The van der Waals surface area contributed by atoms with Gasteiger partial charge in [-0.15, -0.1) is 0 Å². The Bertz CT molecular complexity index is 278. The molecule has 11 heavy (non-hydrogen) atoms. The Morgan fingerprint density at radius 3 is 2.82 bits per heavy atom. The number of nitrogens with zero attached hydrogens (tertiary/aromatic N) is 2. The van der Waals surface area contributed by atoms with Gasteiger partial charge >= 0.3 is 5.97 Å². The summed E-state index contributed by atoms with van der Waals surface area (Å²) in [5.41, 5.74) is 0.992. The van der Waals surface area contributed by atoms with E-state index in [2.05, 4.69) is 5.10 Å². The quantitative estimate of drug-likeness (QED) is 0.688. The molecule has 0 aliphatic rings. The van der Waals surface area contributed by atoms with Crippen LogP contribution in [0.15, 0.2) is 6.20 Å². The molecule has 1 aromatic rings.